The van der Waals surface area contributed by atoms with Gasteiger partial charge in [-0.3, -0.25) is 9.78 Å². The number of thioether (sulfide) groups is 1. The zero-order valence-corrected chi connectivity index (χ0v) is 18.8. The molecule has 1 atom stereocenters. The third kappa shape index (κ3) is 6.78. The number of likely N-dealkylation sites (tertiary alicyclic amines) is 1. The molecule has 1 N–H and O–H groups in total. The number of aromatic carboxylic acids is 1. The van der Waals surface area contributed by atoms with Crippen LogP contribution in [0.1, 0.15) is 41.7 Å². The van der Waals surface area contributed by atoms with E-state index in [0.29, 0.717) is 13.0 Å². The van der Waals surface area contributed by atoms with Gasteiger partial charge in [0.25, 0.3) is 0 Å². The molecule has 3 heterocycles. The second-order valence-corrected chi connectivity index (χ2v) is 9.71. The molecule has 0 spiro atoms. The summed E-state index contributed by atoms with van der Waals surface area (Å²) in [5.74, 6) is -0.0591. The third-order valence-electron chi connectivity index (χ3n) is 5.21. The van der Waals surface area contributed by atoms with Crippen LogP contribution in [0.2, 0.25) is 0 Å². The molecule has 9 heteroatoms. The van der Waals surface area contributed by atoms with Crippen LogP contribution in [0, 0.1) is 0 Å². The number of amides is 1. The van der Waals surface area contributed by atoms with Gasteiger partial charge >= 0.3 is 5.97 Å². The second kappa shape index (κ2) is 11.4. The molecule has 1 aliphatic rings. The van der Waals surface area contributed by atoms with E-state index in [1.807, 2.05) is 17.2 Å². The van der Waals surface area contributed by atoms with E-state index in [-0.39, 0.29) is 17.6 Å². The summed E-state index contributed by atoms with van der Waals surface area (Å²) in [7, 11) is 2.13. The first-order chi connectivity index (χ1) is 14.5. The van der Waals surface area contributed by atoms with E-state index in [1.165, 1.54) is 28.7 Å². The van der Waals surface area contributed by atoms with Gasteiger partial charge in [-0.05, 0) is 50.9 Å². The molecule has 1 aliphatic heterocycles. The number of aryl methyl sites for hydroxylation is 1. The van der Waals surface area contributed by atoms with E-state index >= 15 is 0 Å². The largest absolute Gasteiger partial charge is 0.476 e. The van der Waals surface area contributed by atoms with Crippen molar-refractivity contribution in [1.82, 2.24) is 19.8 Å². The summed E-state index contributed by atoms with van der Waals surface area (Å²) < 4.78 is 0.737. The molecular weight excluding hydrogens is 420 g/mol. The van der Waals surface area contributed by atoms with Crippen molar-refractivity contribution in [2.75, 3.05) is 32.4 Å². The summed E-state index contributed by atoms with van der Waals surface area (Å²) in [4.78, 5) is 35.8. The Labute approximate surface area is 185 Å². The number of aromatic nitrogens is 2. The van der Waals surface area contributed by atoms with Gasteiger partial charge in [-0.1, -0.05) is 17.8 Å². The Hall–Kier alpha value is -1.97. The van der Waals surface area contributed by atoms with E-state index in [2.05, 4.69) is 28.0 Å². The van der Waals surface area contributed by atoms with Crippen LogP contribution >= 0.6 is 23.1 Å². The Bertz CT molecular complexity index is 831. The van der Waals surface area contributed by atoms with Gasteiger partial charge in [0, 0.05) is 49.1 Å². The van der Waals surface area contributed by atoms with E-state index in [0.717, 1.165) is 48.9 Å². The lowest BCUT2D eigenvalue weighted by Gasteiger charge is -2.28. The van der Waals surface area contributed by atoms with Gasteiger partial charge in [0.2, 0.25) is 5.91 Å². The van der Waals surface area contributed by atoms with Gasteiger partial charge in [-0.15, -0.1) is 11.3 Å². The fourth-order valence-corrected chi connectivity index (χ4v) is 5.46. The standard InChI is InChI=1S/C21H28N4O3S2/c1-24(10-3-2-5-16-6-4-9-22-13-16)14-17-7-8-19(26)25(17)11-12-29-21-23-18(15-30-21)20(27)28/h4,6,9,13,15,17H,2-3,5,7-8,10-12,14H2,1H3,(H,27,28)/t17-/m1/s1. The number of pyridine rings is 1. The molecule has 0 aliphatic carbocycles. The molecule has 0 saturated carbocycles. The SMILES string of the molecule is CN(CCCCc1cccnc1)C[C@H]1CCC(=O)N1CCSc1nc(C(=O)O)cs1. The highest BCUT2D eigenvalue weighted by atomic mass is 32.2. The van der Waals surface area contributed by atoms with Crippen molar-refractivity contribution < 1.29 is 14.7 Å². The number of nitrogens with zero attached hydrogens (tertiary/aromatic N) is 4. The Morgan fingerprint density at radius 1 is 1.43 bits per heavy atom. The van der Waals surface area contributed by atoms with Crippen LogP contribution in [0.25, 0.3) is 0 Å². The van der Waals surface area contributed by atoms with Crippen molar-refractivity contribution >= 4 is 35.0 Å². The highest BCUT2D eigenvalue weighted by Gasteiger charge is 2.31. The maximum Gasteiger partial charge on any atom is 0.355 e. The topological polar surface area (TPSA) is 86.6 Å². The van der Waals surface area contributed by atoms with Crippen LogP contribution in [-0.4, -0.2) is 75.2 Å². The molecule has 0 bridgehead atoms. The van der Waals surface area contributed by atoms with E-state index < -0.39 is 5.97 Å². The monoisotopic (exact) mass is 448 g/mol. The van der Waals surface area contributed by atoms with E-state index in [4.69, 9.17) is 5.11 Å². The van der Waals surface area contributed by atoms with Crippen LogP contribution in [-0.2, 0) is 11.2 Å². The van der Waals surface area contributed by atoms with Crippen molar-refractivity contribution in [3.05, 3.63) is 41.2 Å². The number of thiazole rings is 1. The van der Waals surface area contributed by atoms with Crippen LogP contribution in [0.5, 0.6) is 0 Å². The number of hydrogen-bond acceptors (Lipinski definition) is 7. The number of carbonyl (C=O) groups excluding carboxylic acids is 1. The van der Waals surface area contributed by atoms with Crippen molar-refractivity contribution in [2.45, 2.75) is 42.5 Å². The lowest BCUT2D eigenvalue weighted by molar-refractivity contribution is -0.128. The van der Waals surface area contributed by atoms with E-state index in [9.17, 15) is 9.59 Å². The minimum atomic E-state index is -1.00. The molecular formula is C21H28N4O3S2. The predicted octanol–water partition coefficient (Wildman–Crippen LogP) is 3.27. The van der Waals surface area contributed by atoms with Crippen molar-refractivity contribution in [3.8, 4) is 0 Å². The smallest absolute Gasteiger partial charge is 0.355 e. The van der Waals surface area contributed by atoms with Crippen molar-refractivity contribution in [3.63, 3.8) is 0 Å². The fourth-order valence-electron chi connectivity index (χ4n) is 3.65. The first kappa shape index (κ1) is 22.7. The number of carboxylic acid groups (broad SMARTS) is 1. The zero-order chi connectivity index (χ0) is 21.3. The van der Waals surface area contributed by atoms with Crippen LogP contribution < -0.4 is 0 Å². The minimum absolute atomic E-state index is 0.0859. The number of carbonyl (C=O) groups is 2. The van der Waals surface area contributed by atoms with Gasteiger partial charge in [0.1, 0.15) is 0 Å². The molecule has 30 heavy (non-hydrogen) atoms. The van der Waals surface area contributed by atoms with E-state index in [1.54, 1.807) is 11.6 Å². The average Bonchev–Trinajstić information content (AvgIpc) is 3.34. The molecule has 162 valence electrons. The summed E-state index contributed by atoms with van der Waals surface area (Å²) in [5.41, 5.74) is 1.36. The molecule has 0 aromatic carbocycles. The normalized spacial score (nSPS) is 16.5. The molecule has 1 saturated heterocycles. The Morgan fingerprint density at radius 3 is 3.03 bits per heavy atom. The third-order valence-corrected chi connectivity index (χ3v) is 7.21. The summed E-state index contributed by atoms with van der Waals surface area (Å²) in [6, 6.07) is 4.35. The average molecular weight is 449 g/mol. The van der Waals surface area contributed by atoms with Gasteiger partial charge < -0.3 is 14.9 Å². The van der Waals surface area contributed by atoms with Gasteiger partial charge in [-0.25, -0.2) is 9.78 Å². The van der Waals surface area contributed by atoms with Gasteiger partial charge in [-0.2, -0.15) is 0 Å². The minimum Gasteiger partial charge on any atom is -0.476 e. The van der Waals surface area contributed by atoms with Gasteiger partial charge in [0.05, 0.1) is 0 Å². The number of likely N-dealkylation sites (N-methyl/N-ethyl adjacent to an activating group) is 1. The molecule has 0 radical (unpaired) electrons. The molecule has 2 aromatic rings. The number of hydrogen-bond donors (Lipinski definition) is 1. The molecule has 1 amide bonds. The maximum atomic E-state index is 12.3. The second-order valence-electron chi connectivity index (χ2n) is 7.51. The molecule has 2 aromatic heterocycles. The summed E-state index contributed by atoms with van der Waals surface area (Å²) >= 11 is 2.85. The Balaban J connectivity index is 1.37. The fraction of sp³-hybridized carbons (Fsp3) is 0.524. The highest BCUT2D eigenvalue weighted by Crippen LogP contribution is 2.25. The maximum absolute atomic E-state index is 12.3. The predicted molar refractivity (Wildman–Crippen MR) is 119 cm³/mol. The van der Waals surface area contributed by atoms with Crippen molar-refractivity contribution in [2.24, 2.45) is 0 Å². The lowest BCUT2D eigenvalue weighted by atomic mass is 10.1. The molecule has 3 rings (SSSR count). The molecule has 7 nitrogen and oxygen atoms in total. The van der Waals surface area contributed by atoms with Gasteiger partial charge in [0.15, 0.2) is 10.0 Å². The van der Waals surface area contributed by atoms with Crippen LogP contribution in [0.15, 0.2) is 34.2 Å². The van der Waals surface area contributed by atoms with Crippen LogP contribution in [0.3, 0.4) is 0 Å². The summed E-state index contributed by atoms with van der Waals surface area (Å²) in [6.45, 7) is 2.58. The van der Waals surface area contributed by atoms with Crippen LogP contribution in [0.4, 0.5) is 0 Å². The molecule has 0 unspecified atom stereocenters. The lowest BCUT2D eigenvalue weighted by Crippen LogP contribution is -2.42. The summed E-state index contributed by atoms with van der Waals surface area (Å²) in [5, 5.41) is 10.5. The zero-order valence-electron chi connectivity index (χ0n) is 17.2. The first-order valence-corrected chi connectivity index (χ1v) is 12.1. The quantitative estimate of drug-likeness (QED) is 0.394. The Morgan fingerprint density at radius 2 is 2.30 bits per heavy atom. The number of unbranched alkanes of at least 4 members (excludes halogenated alkanes) is 1. The first-order valence-electron chi connectivity index (χ1n) is 10.2. The molecule has 1 fully saturated rings. The highest BCUT2D eigenvalue weighted by molar-refractivity contribution is 8.01. The Kier molecular flexibility index (Phi) is 8.65. The number of carboxylic acids is 1. The van der Waals surface area contributed by atoms with Crippen molar-refractivity contribution in [1.29, 1.82) is 0 Å². The summed E-state index contributed by atoms with van der Waals surface area (Å²) in [6.07, 6.45) is 8.55. The number of rotatable bonds is 12.